The molecule has 21 heavy (non-hydrogen) atoms. The van der Waals surface area contributed by atoms with Crippen LogP contribution in [0.1, 0.15) is 36.5 Å². The Bertz CT molecular complexity index is 475. The molecule has 0 saturated carbocycles. The quantitative estimate of drug-likeness (QED) is 0.902. The fraction of sp³-hybridized carbons (Fsp3) is 0.625. The van der Waals surface area contributed by atoms with E-state index in [0.717, 1.165) is 38.9 Å². The van der Waals surface area contributed by atoms with Crippen molar-refractivity contribution >= 4 is 11.7 Å². The molecule has 1 N–H and O–H groups in total. The zero-order valence-electron chi connectivity index (χ0n) is 13.3. The van der Waals surface area contributed by atoms with Crippen LogP contribution in [0.15, 0.2) is 18.3 Å². The molecule has 0 bridgehead atoms. The van der Waals surface area contributed by atoms with Crippen molar-refractivity contribution in [3.05, 3.63) is 23.9 Å². The molecule has 0 aromatic carbocycles. The zero-order valence-corrected chi connectivity index (χ0v) is 13.3. The number of hydrogen-bond donors (Lipinski definition) is 1. The molecule has 1 unspecified atom stereocenters. The third-order valence-corrected chi connectivity index (χ3v) is 3.99. The fourth-order valence-corrected chi connectivity index (χ4v) is 2.69. The van der Waals surface area contributed by atoms with Crippen LogP contribution in [0.3, 0.4) is 0 Å². The smallest absolute Gasteiger partial charge is 0.257 e. The maximum absolute atomic E-state index is 12.8. The van der Waals surface area contributed by atoms with E-state index >= 15 is 0 Å². The van der Waals surface area contributed by atoms with Crippen molar-refractivity contribution in [3.8, 4) is 0 Å². The minimum Gasteiger partial charge on any atom is -0.369 e. The molecule has 0 spiro atoms. The van der Waals surface area contributed by atoms with Crippen molar-refractivity contribution in [1.29, 1.82) is 0 Å². The van der Waals surface area contributed by atoms with Crippen LogP contribution in [0.4, 0.5) is 5.82 Å². The summed E-state index contributed by atoms with van der Waals surface area (Å²) >= 11 is 0. The summed E-state index contributed by atoms with van der Waals surface area (Å²) in [5.41, 5.74) is 0.686. The van der Waals surface area contributed by atoms with Gasteiger partial charge in [0.1, 0.15) is 5.82 Å². The Morgan fingerprint density at radius 2 is 2.33 bits per heavy atom. The number of likely N-dealkylation sites (tertiary alicyclic amines) is 1. The molecule has 0 aliphatic carbocycles. The Balaban J connectivity index is 2.12. The number of rotatable bonds is 5. The van der Waals surface area contributed by atoms with E-state index in [0.29, 0.717) is 17.4 Å². The van der Waals surface area contributed by atoms with Gasteiger partial charge in [0.2, 0.25) is 0 Å². The van der Waals surface area contributed by atoms with Crippen LogP contribution < -0.4 is 5.32 Å². The van der Waals surface area contributed by atoms with Crippen molar-refractivity contribution in [3.63, 3.8) is 0 Å². The van der Waals surface area contributed by atoms with Crippen LogP contribution in [-0.2, 0) is 0 Å². The van der Waals surface area contributed by atoms with Gasteiger partial charge in [0.25, 0.3) is 5.91 Å². The average molecular weight is 290 g/mol. The highest BCUT2D eigenvalue weighted by Crippen LogP contribution is 2.19. The second kappa shape index (κ2) is 7.41. The number of hydrogen-bond acceptors (Lipinski definition) is 4. The highest BCUT2D eigenvalue weighted by Gasteiger charge is 2.26. The predicted molar refractivity (Wildman–Crippen MR) is 85.6 cm³/mol. The number of anilines is 1. The molecule has 1 fully saturated rings. The van der Waals surface area contributed by atoms with Crippen molar-refractivity contribution in [2.75, 3.05) is 39.0 Å². The van der Waals surface area contributed by atoms with Crippen LogP contribution in [-0.4, -0.2) is 60.5 Å². The van der Waals surface area contributed by atoms with Crippen LogP contribution in [0.2, 0.25) is 0 Å². The zero-order chi connectivity index (χ0) is 15.2. The van der Waals surface area contributed by atoms with Gasteiger partial charge in [0.15, 0.2) is 0 Å². The van der Waals surface area contributed by atoms with E-state index in [2.05, 4.69) is 36.2 Å². The number of amides is 1. The molecule has 1 aliphatic heterocycles. The third-order valence-electron chi connectivity index (χ3n) is 3.99. The molecule has 5 nitrogen and oxygen atoms in total. The first-order valence-electron chi connectivity index (χ1n) is 7.78. The van der Waals surface area contributed by atoms with E-state index < -0.39 is 0 Å². The second-order valence-corrected chi connectivity index (χ2v) is 5.84. The van der Waals surface area contributed by atoms with E-state index in [4.69, 9.17) is 0 Å². The average Bonchev–Trinajstić information content (AvgIpc) is 2.52. The Morgan fingerprint density at radius 3 is 3.05 bits per heavy atom. The van der Waals surface area contributed by atoms with Gasteiger partial charge in [-0.05, 0) is 45.5 Å². The van der Waals surface area contributed by atoms with Crippen molar-refractivity contribution in [2.45, 2.75) is 32.2 Å². The highest BCUT2D eigenvalue weighted by atomic mass is 16.2. The lowest BCUT2D eigenvalue weighted by Crippen LogP contribution is -2.47. The first-order chi connectivity index (χ1) is 10.1. The molecule has 1 saturated heterocycles. The summed E-state index contributed by atoms with van der Waals surface area (Å²) in [6, 6.07) is 4.15. The minimum absolute atomic E-state index is 0.0910. The fourth-order valence-electron chi connectivity index (χ4n) is 2.69. The van der Waals surface area contributed by atoms with Gasteiger partial charge in [0, 0.05) is 31.9 Å². The largest absolute Gasteiger partial charge is 0.369 e. The van der Waals surface area contributed by atoms with E-state index in [9.17, 15) is 4.79 Å². The number of nitrogens with zero attached hydrogens (tertiary/aromatic N) is 3. The van der Waals surface area contributed by atoms with E-state index in [1.165, 1.54) is 0 Å². The molecule has 116 valence electrons. The molecule has 0 radical (unpaired) electrons. The maximum Gasteiger partial charge on any atom is 0.257 e. The molecule has 1 aliphatic rings. The Hall–Kier alpha value is -1.62. The Kier molecular flexibility index (Phi) is 5.56. The number of likely N-dealkylation sites (N-methyl/N-ethyl adjacent to an activating group) is 1. The summed E-state index contributed by atoms with van der Waals surface area (Å²) in [5.74, 6) is 0.796. The number of aromatic nitrogens is 1. The monoisotopic (exact) mass is 290 g/mol. The number of pyridine rings is 1. The summed E-state index contributed by atoms with van der Waals surface area (Å²) in [5, 5.41) is 3.25. The standard InChI is InChI=1S/C16H26N4O/c1-4-9-17-15-14(8-5-10-18-15)16(21)20-11-6-7-13(12-20)19(2)3/h5,8,10,13H,4,6-7,9,11-12H2,1-3H3,(H,17,18). The van der Waals surface area contributed by atoms with Crippen molar-refractivity contribution in [2.24, 2.45) is 0 Å². The molecule has 1 aromatic rings. The summed E-state index contributed by atoms with van der Waals surface area (Å²) in [7, 11) is 4.16. The molecule has 1 amide bonds. The lowest BCUT2D eigenvalue weighted by Gasteiger charge is -2.36. The first-order valence-corrected chi connectivity index (χ1v) is 7.78. The van der Waals surface area contributed by atoms with Crippen LogP contribution >= 0.6 is 0 Å². The summed E-state index contributed by atoms with van der Waals surface area (Å²) in [6.07, 6.45) is 4.96. The van der Waals surface area contributed by atoms with Gasteiger partial charge < -0.3 is 15.1 Å². The van der Waals surface area contributed by atoms with Crippen LogP contribution in [0, 0.1) is 0 Å². The lowest BCUT2D eigenvalue weighted by molar-refractivity contribution is 0.0635. The minimum atomic E-state index is 0.0910. The van der Waals surface area contributed by atoms with Crippen LogP contribution in [0.5, 0.6) is 0 Å². The second-order valence-electron chi connectivity index (χ2n) is 5.84. The molecule has 5 heteroatoms. The molecular formula is C16H26N4O. The van der Waals surface area contributed by atoms with Gasteiger partial charge in [-0.25, -0.2) is 4.98 Å². The highest BCUT2D eigenvalue weighted by molar-refractivity contribution is 5.98. The number of piperidine rings is 1. The number of carbonyl (C=O) groups is 1. The van der Waals surface area contributed by atoms with Gasteiger partial charge in [-0.3, -0.25) is 4.79 Å². The molecular weight excluding hydrogens is 264 g/mol. The number of nitrogens with one attached hydrogen (secondary N) is 1. The molecule has 1 atom stereocenters. The van der Waals surface area contributed by atoms with Crippen LogP contribution in [0.25, 0.3) is 0 Å². The first kappa shape index (κ1) is 15.8. The van der Waals surface area contributed by atoms with Gasteiger partial charge in [-0.15, -0.1) is 0 Å². The van der Waals surface area contributed by atoms with E-state index in [1.807, 2.05) is 17.0 Å². The lowest BCUT2D eigenvalue weighted by atomic mass is 10.0. The molecule has 2 rings (SSSR count). The topological polar surface area (TPSA) is 48.5 Å². The molecule has 2 heterocycles. The summed E-state index contributed by atoms with van der Waals surface area (Å²) < 4.78 is 0. The predicted octanol–water partition coefficient (Wildman–Crippen LogP) is 2.07. The third kappa shape index (κ3) is 3.94. The Morgan fingerprint density at radius 1 is 1.52 bits per heavy atom. The van der Waals surface area contributed by atoms with Crippen molar-refractivity contribution in [1.82, 2.24) is 14.8 Å². The summed E-state index contributed by atoms with van der Waals surface area (Å²) in [4.78, 5) is 21.3. The molecule has 1 aromatic heterocycles. The van der Waals surface area contributed by atoms with Gasteiger partial charge in [-0.2, -0.15) is 0 Å². The normalized spacial score (nSPS) is 18.9. The van der Waals surface area contributed by atoms with Crippen molar-refractivity contribution < 1.29 is 4.79 Å². The Labute approximate surface area is 127 Å². The van der Waals surface area contributed by atoms with Gasteiger partial charge in [-0.1, -0.05) is 6.92 Å². The van der Waals surface area contributed by atoms with Gasteiger partial charge >= 0.3 is 0 Å². The van der Waals surface area contributed by atoms with Gasteiger partial charge in [0.05, 0.1) is 5.56 Å². The number of carbonyl (C=O) groups excluding carboxylic acids is 1. The SMILES string of the molecule is CCCNc1ncccc1C(=O)N1CCCC(N(C)C)C1. The maximum atomic E-state index is 12.8. The van der Waals surface area contributed by atoms with E-state index in [1.54, 1.807) is 6.20 Å². The van der Waals surface area contributed by atoms with E-state index in [-0.39, 0.29) is 5.91 Å². The summed E-state index contributed by atoms with van der Waals surface area (Å²) in [6.45, 7) is 4.57.